The van der Waals surface area contributed by atoms with Gasteiger partial charge in [-0.25, -0.2) is 4.98 Å². The molecule has 0 unspecified atom stereocenters. The van der Waals surface area contributed by atoms with Crippen LogP contribution in [0.4, 0.5) is 0 Å². The number of hydrogen-bond donors (Lipinski definition) is 1. The smallest absolute Gasteiger partial charge is 0.251 e. The SMILES string of the molecule is Cc1ccc(SCc2nc(-c3ccc(C(=O)NC[C@H](C)c4ccccc4)cc3)oc2C)cc1. The highest BCUT2D eigenvalue weighted by Gasteiger charge is 2.14. The molecule has 3 aromatic carbocycles. The van der Waals surface area contributed by atoms with Gasteiger partial charge in [0.1, 0.15) is 5.76 Å². The summed E-state index contributed by atoms with van der Waals surface area (Å²) >= 11 is 1.74. The van der Waals surface area contributed by atoms with E-state index in [2.05, 4.69) is 55.6 Å². The quantitative estimate of drug-likeness (QED) is 0.297. The number of oxazole rings is 1. The molecule has 4 aromatic rings. The lowest BCUT2D eigenvalue weighted by molar-refractivity contribution is 0.0951. The number of thioether (sulfide) groups is 1. The molecule has 1 atom stereocenters. The first-order chi connectivity index (χ1) is 16.0. The molecule has 4 nitrogen and oxygen atoms in total. The molecule has 0 aliphatic heterocycles. The third kappa shape index (κ3) is 5.93. The molecule has 33 heavy (non-hydrogen) atoms. The van der Waals surface area contributed by atoms with Crippen LogP contribution in [0.3, 0.4) is 0 Å². The van der Waals surface area contributed by atoms with Crippen LogP contribution in [0.5, 0.6) is 0 Å². The zero-order valence-corrected chi connectivity index (χ0v) is 20.0. The predicted octanol–water partition coefficient (Wildman–Crippen LogP) is 6.78. The highest BCUT2D eigenvalue weighted by Crippen LogP contribution is 2.28. The monoisotopic (exact) mass is 456 g/mol. The van der Waals surface area contributed by atoms with Crippen molar-refractivity contribution in [3.8, 4) is 11.5 Å². The van der Waals surface area contributed by atoms with E-state index >= 15 is 0 Å². The number of aromatic nitrogens is 1. The van der Waals surface area contributed by atoms with Gasteiger partial charge in [0.05, 0.1) is 5.69 Å². The third-order valence-electron chi connectivity index (χ3n) is 5.62. The Kier molecular flexibility index (Phi) is 7.30. The summed E-state index contributed by atoms with van der Waals surface area (Å²) in [6, 6.07) is 26.1. The minimum absolute atomic E-state index is 0.0805. The molecule has 168 valence electrons. The van der Waals surface area contributed by atoms with E-state index in [0.717, 1.165) is 22.8 Å². The number of carbonyl (C=O) groups is 1. The summed E-state index contributed by atoms with van der Waals surface area (Å²) in [5.41, 5.74) is 4.88. The van der Waals surface area contributed by atoms with E-state index in [4.69, 9.17) is 9.40 Å². The lowest BCUT2D eigenvalue weighted by Crippen LogP contribution is -2.27. The fourth-order valence-electron chi connectivity index (χ4n) is 3.48. The summed E-state index contributed by atoms with van der Waals surface area (Å²) < 4.78 is 5.91. The molecule has 4 rings (SSSR count). The van der Waals surface area contributed by atoms with Crippen molar-refractivity contribution < 1.29 is 9.21 Å². The average Bonchev–Trinajstić information content (AvgIpc) is 3.23. The van der Waals surface area contributed by atoms with Crippen molar-refractivity contribution in [2.75, 3.05) is 6.54 Å². The first-order valence-electron chi connectivity index (χ1n) is 11.1. The molecule has 1 aromatic heterocycles. The molecule has 0 bridgehead atoms. The van der Waals surface area contributed by atoms with Gasteiger partial charge in [-0.05, 0) is 61.7 Å². The second-order valence-corrected chi connectivity index (χ2v) is 9.27. The van der Waals surface area contributed by atoms with Gasteiger partial charge in [0, 0.05) is 28.3 Å². The second kappa shape index (κ2) is 10.5. The number of carbonyl (C=O) groups excluding carboxylic acids is 1. The Morgan fingerprint density at radius 1 is 0.970 bits per heavy atom. The molecule has 1 N–H and O–H groups in total. The van der Waals surface area contributed by atoms with Crippen LogP contribution in [-0.2, 0) is 5.75 Å². The van der Waals surface area contributed by atoms with E-state index in [0.29, 0.717) is 18.0 Å². The van der Waals surface area contributed by atoms with Crippen LogP contribution in [-0.4, -0.2) is 17.4 Å². The summed E-state index contributed by atoms with van der Waals surface area (Å²) in [5.74, 6) is 2.32. The van der Waals surface area contributed by atoms with Gasteiger partial charge >= 0.3 is 0 Å². The lowest BCUT2D eigenvalue weighted by atomic mass is 10.0. The number of rotatable bonds is 8. The van der Waals surface area contributed by atoms with Crippen LogP contribution < -0.4 is 5.32 Å². The van der Waals surface area contributed by atoms with Gasteiger partial charge in [-0.3, -0.25) is 4.79 Å². The molecule has 1 amide bonds. The van der Waals surface area contributed by atoms with Crippen LogP contribution >= 0.6 is 11.8 Å². The fraction of sp³-hybridized carbons (Fsp3) is 0.214. The maximum Gasteiger partial charge on any atom is 0.251 e. The number of nitrogens with one attached hydrogen (secondary N) is 1. The summed E-state index contributed by atoms with van der Waals surface area (Å²) in [6.07, 6.45) is 0. The van der Waals surface area contributed by atoms with E-state index in [1.807, 2.05) is 49.4 Å². The maximum absolute atomic E-state index is 12.6. The molecule has 0 fully saturated rings. The molecule has 0 saturated heterocycles. The summed E-state index contributed by atoms with van der Waals surface area (Å²) in [5, 5.41) is 3.02. The lowest BCUT2D eigenvalue weighted by Gasteiger charge is -2.13. The van der Waals surface area contributed by atoms with E-state index in [9.17, 15) is 4.79 Å². The fourth-order valence-corrected chi connectivity index (χ4v) is 4.38. The van der Waals surface area contributed by atoms with Crippen LogP contribution in [0.25, 0.3) is 11.5 Å². The van der Waals surface area contributed by atoms with Crippen molar-refractivity contribution in [2.24, 2.45) is 0 Å². The highest BCUT2D eigenvalue weighted by atomic mass is 32.2. The Morgan fingerprint density at radius 3 is 2.36 bits per heavy atom. The van der Waals surface area contributed by atoms with Crippen LogP contribution in [0.15, 0.2) is 88.2 Å². The van der Waals surface area contributed by atoms with Crippen molar-refractivity contribution in [1.82, 2.24) is 10.3 Å². The van der Waals surface area contributed by atoms with Crippen molar-refractivity contribution in [3.63, 3.8) is 0 Å². The van der Waals surface area contributed by atoms with E-state index < -0.39 is 0 Å². The number of nitrogens with zero attached hydrogens (tertiary/aromatic N) is 1. The van der Waals surface area contributed by atoms with Gasteiger partial charge < -0.3 is 9.73 Å². The van der Waals surface area contributed by atoms with E-state index in [-0.39, 0.29) is 11.8 Å². The van der Waals surface area contributed by atoms with E-state index in [1.165, 1.54) is 16.0 Å². The minimum atomic E-state index is -0.0805. The van der Waals surface area contributed by atoms with Gasteiger partial charge in [0.2, 0.25) is 5.89 Å². The highest BCUT2D eigenvalue weighted by molar-refractivity contribution is 7.98. The molecule has 0 spiro atoms. The van der Waals surface area contributed by atoms with Gasteiger partial charge in [-0.15, -0.1) is 11.8 Å². The number of benzene rings is 3. The molecule has 1 heterocycles. The van der Waals surface area contributed by atoms with Crippen molar-refractivity contribution in [3.05, 3.63) is 107 Å². The molecule has 5 heteroatoms. The third-order valence-corrected chi connectivity index (χ3v) is 6.64. The van der Waals surface area contributed by atoms with Crippen molar-refractivity contribution in [2.45, 2.75) is 37.3 Å². The summed E-state index contributed by atoms with van der Waals surface area (Å²) in [7, 11) is 0. The summed E-state index contributed by atoms with van der Waals surface area (Å²) in [4.78, 5) is 18.5. The normalized spacial score (nSPS) is 11.8. The van der Waals surface area contributed by atoms with Crippen LogP contribution in [0.1, 0.15) is 45.8 Å². The van der Waals surface area contributed by atoms with E-state index in [1.54, 1.807) is 11.8 Å². The largest absolute Gasteiger partial charge is 0.441 e. The topological polar surface area (TPSA) is 55.1 Å². The second-order valence-electron chi connectivity index (χ2n) is 8.22. The first-order valence-corrected chi connectivity index (χ1v) is 12.1. The Bertz CT molecular complexity index is 1200. The van der Waals surface area contributed by atoms with Gasteiger partial charge in [0.15, 0.2) is 0 Å². The van der Waals surface area contributed by atoms with Crippen LogP contribution in [0, 0.1) is 13.8 Å². The molecule has 0 saturated carbocycles. The first kappa shape index (κ1) is 22.9. The summed E-state index contributed by atoms with van der Waals surface area (Å²) in [6.45, 7) is 6.73. The Balaban J connectivity index is 1.36. The molecular weight excluding hydrogens is 428 g/mol. The predicted molar refractivity (Wildman–Crippen MR) is 135 cm³/mol. The number of hydrogen-bond acceptors (Lipinski definition) is 4. The van der Waals surface area contributed by atoms with Gasteiger partial charge in [0.25, 0.3) is 5.91 Å². The molecular formula is C28H28N2O2S. The molecule has 0 radical (unpaired) electrons. The van der Waals surface area contributed by atoms with Crippen LogP contribution in [0.2, 0.25) is 0 Å². The maximum atomic E-state index is 12.6. The molecule has 0 aliphatic rings. The number of amides is 1. The average molecular weight is 457 g/mol. The number of aryl methyl sites for hydroxylation is 2. The Hall–Kier alpha value is -3.31. The van der Waals surface area contributed by atoms with Crippen molar-refractivity contribution in [1.29, 1.82) is 0 Å². The zero-order valence-electron chi connectivity index (χ0n) is 19.2. The standard InChI is InChI=1S/C28H28N2O2S/c1-19-9-15-25(16-10-19)33-18-26-21(3)32-28(30-26)24-13-11-23(12-14-24)27(31)29-17-20(2)22-7-5-4-6-8-22/h4-16,20H,17-18H2,1-3H3,(H,29,31)/t20-/m0/s1. The minimum Gasteiger partial charge on any atom is -0.441 e. The van der Waals surface area contributed by atoms with Crippen molar-refractivity contribution >= 4 is 17.7 Å². The van der Waals surface area contributed by atoms with Gasteiger partial charge in [-0.2, -0.15) is 0 Å². The zero-order chi connectivity index (χ0) is 23.2. The van der Waals surface area contributed by atoms with Gasteiger partial charge in [-0.1, -0.05) is 55.0 Å². The Labute approximate surface area is 199 Å². The Morgan fingerprint density at radius 2 is 1.67 bits per heavy atom. The molecule has 0 aliphatic carbocycles.